The first kappa shape index (κ1) is 15.9. The second-order valence-corrected chi connectivity index (χ2v) is 4.93. The largest absolute Gasteiger partial charge is 0.490 e. The highest BCUT2D eigenvalue weighted by Crippen LogP contribution is 2.21. The van der Waals surface area contributed by atoms with Gasteiger partial charge in [0.05, 0.1) is 19.3 Å². The minimum Gasteiger partial charge on any atom is -0.490 e. The van der Waals surface area contributed by atoms with Gasteiger partial charge in [-0.1, -0.05) is 0 Å². The van der Waals surface area contributed by atoms with Crippen molar-refractivity contribution in [2.75, 3.05) is 26.9 Å². The molecule has 0 fully saturated rings. The number of hydrogen-bond acceptors (Lipinski definition) is 6. The Labute approximate surface area is 115 Å². The summed E-state index contributed by atoms with van der Waals surface area (Å²) < 4.78 is 15.5. The van der Waals surface area contributed by atoms with Crippen LogP contribution < -0.4 is 4.74 Å². The minimum absolute atomic E-state index is 0.0511. The van der Waals surface area contributed by atoms with Crippen LogP contribution in [0.5, 0.6) is 5.75 Å². The Kier molecular flexibility index (Phi) is 6.79. The van der Waals surface area contributed by atoms with Gasteiger partial charge in [-0.2, -0.15) is 0 Å². The van der Waals surface area contributed by atoms with Gasteiger partial charge in [-0.15, -0.1) is 11.3 Å². The number of aromatic carboxylic acids is 1. The number of aliphatic hydroxyl groups excluding tert-OH is 1. The molecule has 0 aromatic carbocycles. The van der Waals surface area contributed by atoms with Gasteiger partial charge >= 0.3 is 5.97 Å². The topological polar surface area (TPSA) is 85.2 Å². The molecule has 2 atom stereocenters. The molecule has 2 unspecified atom stereocenters. The molecule has 2 N–H and O–H groups in total. The first-order valence-corrected chi connectivity index (χ1v) is 6.64. The third-order valence-corrected chi connectivity index (χ3v) is 3.10. The van der Waals surface area contributed by atoms with E-state index in [9.17, 15) is 9.90 Å². The van der Waals surface area contributed by atoms with Gasteiger partial charge in [-0.3, -0.25) is 0 Å². The zero-order valence-corrected chi connectivity index (χ0v) is 11.7. The van der Waals surface area contributed by atoms with Crippen molar-refractivity contribution in [1.82, 2.24) is 0 Å². The molecule has 0 aliphatic heterocycles. The molecule has 0 saturated heterocycles. The van der Waals surface area contributed by atoms with E-state index in [1.54, 1.807) is 12.5 Å². The normalized spacial score (nSPS) is 14.1. The third kappa shape index (κ3) is 6.02. The SMILES string of the molecule is COCC(C)OCC(O)COc1csc(C(=O)O)c1. The van der Waals surface area contributed by atoms with Crippen LogP contribution in [-0.2, 0) is 9.47 Å². The number of ether oxygens (including phenoxy) is 3. The van der Waals surface area contributed by atoms with Crippen LogP contribution in [0.2, 0.25) is 0 Å². The molecule has 1 aromatic heterocycles. The fourth-order valence-electron chi connectivity index (χ4n) is 1.31. The number of hydrogen-bond donors (Lipinski definition) is 2. The Morgan fingerprint density at radius 3 is 2.74 bits per heavy atom. The van der Waals surface area contributed by atoms with Crippen molar-refractivity contribution in [3.8, 4) is 5.75 Å². The van der Waals surface area contributed by atoms with E-state index in [4.69, 9.17) is 19.3 Å². The molecule has 6 nitrogen and oxygen atoms in total. The summed E-state index contributed by atoms with van der Waals surface area (Å²) in [6, 6.07) is 1.42. The number of methoxy groups -OCH3 is 1. The van der Waals surface area contributed by atoms with E-state index in [-0.39, 0.29) is 24.2 Å². The Hall–Kier alpha value is -1.15. The molecule has 0 aliphatic rings. The molecule has 0 radical (unpaired) electrons. The van der Waals surface area contributed by atoms with Gasteiger partial charge in [-0.25, -0.2) is 4.79 Å². The van der Waals surface area contributed by atoms with Gasteiger partial charge in [0.2, 0.25) is 0 Å². The van der Waals surface area contributed by atoms with E-state index < -0.39 is 12.1 Å². The number of rotatable bonds is 9. The smallest absolute Gasteiger partial charge is 0.346 e. The number of carboxylic acid groups (broad SMARTS) is 1. The van der Waals surface area contributed by atoms with E-state index >= 15 is 0 Å². The van der Waals surface area contributed by atoms with Crippen molar-refractivity contribution in [2.24, 2.45) is 0 Å². The summed E-state index contributed by atoms with van der Waals surface area (Å²) in [4.78, 5) is 10.9. The number of thiophene rings is 1. The van der Waals surface area contributed by atoms with Crippen LogP contribution in [0.3, 0.4) is 0 Å². The second kappa shape index (κ2) is 8.11. The summed E-state index contributed by atoms with van der Waals surface area (Å²) in [6.45, 7) is 2.49. The zero-order chi connectivity index (χ0) is 14.3. The van der Waals surface area contributed by atoms with Gasteiger partial charge in [0.25, 0.3) is 0 Å². The molecule has 19 heavy (non-hydrogen) atoms. The maximum atomic E-state index is 10.7. The molecule has 1 aromatic rings. The van der Waals surface area contributed by atoms with Crippen LogP contribution >= 0.6 is 11.3 Å². The molecule has 1 heterocycles. The van der Waals surface area contributed by atoms with Crippen LogP contribution in [0.25, 0.3) is 0 Å². The fourth-order valence-corrected chi connectivity index (χ4v) is 1.97. The highest BCUT2D eigenvalue weighted by molar-refractivity contribution is 7.12. The summed E-state index contributed by atoms with van der Waals surface area (Å²) in [5, 5.41) is 20.0. The van der Waals surface area contributed by atoms with Gasteiger partial charge < -0.3 is 24.4 Å². The average Bonchev–Trinajstić information content (AvgIpc) is 2.83. The summed E-state index contributed by atoms with van der Waals surface area (Å²) in [7, 11) is 1.58. The van der Waals surface area contributed by atoms with Crippen molar-refractivity contribution in [1.29, 1.82) is 0 Å². The van der Waals surface area contributed by atoms with Crippen molar-refractivity contribution in [2.45, 2.75) is 19.1 Å². The minimum atomic E-state index is -0.989. The molecule has 0 amide bonds. The fraction of sp³-hybridized carbons (Fsp3) is 0.583. The van der Waals surface area contributed by atoms with Crippen molar-refractivity contribution < 1.29 is 29.2 Å². The first-order chi connectivity index (χ1) is 9.02. The molecule has 0 spiro atoms. The van der Waals surface area contributed by atoms with Crippen molar-refractivity contribution in [3.63, 3.8) is 0 Å². The van der Waals surface area contributed by atoms with E-state index in [2.05, 4.69) is 0 Å². The lowest BCUT2D eigenvalue weighted by Gasteiger charge is -2.15. The van der Waals surface area contributed by atoms with Crippen LogP contribution in [0.1, 0.15) is 16.6 Å². The standard InChI is InChI=1S/C12H18O6S/c1-8(4-16-2)17-5-9(13)6-18-10-3-11(12(14)15)19-7-10/h3,7-9,13H,4-6H2,1-2H3,(H,14,15). The lowest BCUT2D eigenvalue weighted by atomic mass is 10.4. The van der Waals surface area contributed by atoms with E-state index in [0.29, 0.717) is 12.4 Å². The first-order valence-electron chi connectivity index (χ1n) is 5.76. The lowest BCUT2D eigenvalue weighted by molar-refractivity contribution is -0.0422. The summed E-state index contributed by atoms with van der Waals surface area (Å²) in [5.41, 5.74) is 0. The predicted molar refractivity (Wildman–Crippen MR) is 70.1 cm³/mol. The number of aliphatic hydroxyl groups is 1. The average molecular weight is 290 g/mol. The predicted octanol–water partition coefficient (Wildman–Crippen LogP) is 1.24. The number of carboxylic acids is 1. The quantitative estimate of drug-likeness (QED) is 0.711. The Bertz CT molecular complexity index is 391. The van der Waals surface area contributed by atoms with Gasteiger partial charge in [-0.05, 0) is 6.92 Å². The Morgan fingerprint density at radius 1 is 1.42 bits per heavy atom. The van der Waals surface area contributed by atoms with E-state index in [1.807, 2.05) is 6.92 Å². The monoisotopic (exact) mass is 290 g/mol. The van der Waals surface area contributed by atoms with Crippen molar-refractivity contribution >= 4 is 17.3 Å². The second-order valence-electron chi connectivity index (χ2n) is 4.02. The molecule has 0 aliphatic carbocycles. The van der Waals surface area contributed by atoms with Crippen LogP contribution in [0, 0.1) is 0 Å². The third-order valence-electron chi connectivity index (χ3n) is 2.20. The maximum absolute atomic E-state index is 10.7. The molecular formula is C12H18O6S. The highest BCUT2D eigenvalue weighted by atomic mass is 32.1. The molecule has 108 valence electrons. The Balaban J connectivity index is 2.25. The van der Waals surface area contributed by atoms with Crippen LogP contribution in [-0.4, -0.2) is 55.3 Å². The summed E-state index contributed by atoms with van der Waals surface area (Å²) >= 11 is 1.08. The molecule has 0 bridgehead atoms. The van der Waals surface area contributed by atoms with Gasteiger partial charge in [0.1, 0.15) is 23.3 Å². The zero-order valence-electron chi connectivity index (χ0n) is 10.9. The molecule has 1 rings (SSSR count). The van der Waals surface area contributed by atoms with Gasteiger partial charge in [0.15, 0.2) is 0 Å². The summed E-state index contributed by atoms with van der Waals surface area (Å²) in [6.07, 6.45) is -0.869. The maximum Gasteiger partial charge on any atom is 0.346 e. The summed E-state index contributed by atoms with van der Waals surface area (Å²) in [5.74, 6) is -0.552. The lowest BCUT2D eigenvalue weighted by Crippen LogP contribution is -2.27. The van der Waals surface area contributed by atoms with Crippen molar-refractivity contribution in [3.05, 3.63) is 16.3 Å². The van der Waals surface area contributed by atoms with E-state index in [0.717, 1.165) is 11.3 Å². The van der Waals surface area contributed by atoms with Gasteiger partial charge in [0, 0.05) is 18.6 Å². The Morgan fingerprint density at radius 2 is 2.16 bits per heavy atom. The van der Waals surface area contributed by atoms with E-state index in [1.165, 1.54) is 6.07 Å². The highest BCUT2D eigenvalue weighted by Gasteiger charge is 2.11. The van der Waals surface area contributed by atoms with Crippen LogP contribution in [0.4, 0.5) is 0 Å². The number of carbonyl (C=O) groups is 1. The molecule has 7 heteroatoms. The molecule has 0 saturated carbocycles. The van der Waals surface area contributed by atoms with Crippen LogP contribution in [0.15, 0.2) is 11.4 Å². The molecular weight excluding hydrogens is 272 g/mol.